The van der Waals surface area contributed by atoms with Gasteiger partial charge in [-0.15, -0.1) is 10.2 Å². The van der Waals surface area contributed by atoms with E-state index in [-0.39, 0.29) is 16.5 Å². The van der Waals surface area contributed by atoms with Gasteiger partial charge >= 0.3 is 5.91 Å². The number of halogens is 1. The molecule has 1 amide bonds. The number of carbonyl (C=O) groups excluding carboxylic acids is 2. The van der Waals surface area contributed by atoms with E-state index < -0.39 is 17.7 Å². The van der Waals surface area contributed by atoms with Crippen molar-refractivity contribution in [1.29, 1.82) is 0 Å². The van der Waals surface area contributed by atoms with Gasteiger partial charge in [-0.05, 0) is 35.7 Å². The van der Waals surface area contributed by atoms with Crippen molar-refractivity contribution in [2.45, 2.75) is 35.9 Å². The fourth-order valence-corrected chi connectivity index (χ4v) is 6.44. The highest BCUT2D eigenvalue weighted by Crippen LogP contribution is 2.44. The minimum Gasteiger partial charge on any atom is -0.507 e. The second-order valence-corrected chi connectivity index (χ2v) is 11.6. The average Bonchev–Trinajstić information content (AvgIpc) is 3.55. The van der Waals surface area contributed by atoms with Crippen LogP contribution >= 0.6 is 34.7 Å². The summed E-state index contributed by atoms with van der Waals surface area (Å²) in [6.45, 7) is 2.69. The monoisotopic (exact) mass is 591 g/mol. The predicted octanol–water partition coefficient (Wildman–Crippen LogP) is 7.29. The van der Waals surface area contributed by atoms with E-state index >= 15 is 0 Å². The largest absolute Gasteiger partial charge is 0.507 e. The molecule has 4 aromatic rings. The van der Waals surface area contributed by atoms with Crippen LogP contribution in [0.25, 0.3) is 5.76 Å². The quantitative estimate of drug-likeness (QED) is 0.0517. The summed E-state index contributed by atoms with van der Waals surface area (Å²) in [5, 5.41) is 20.7. The van der Waals surface area contributed by atoms with Crippen molar-refractivity contribution >= 4 is 57.3 Å². The Balaban J connectivity index is 1.50. The number of hydrogen-bond acceptors (Lipinski definition) is 8. The molecule has 1 aromatic heterocycles. The number of ketones is 1. The Morgan fingerprint density at radius 3 is 2.48 bits per heavy atom. The van der Waals surface area contributed by atoms with Crippen LogP contribution in [0.3, 0.4) is 0 Å². The van der Waals surface area contributed by atoms with E-state index in [0.29, 0.717) is 38.6 Å². The summed E-state index contributed by atoms with van der Waals surface area (Å²) < 4.78 is 6.42. The summed E-state index contributed by atoms with van der Waals surface area (Å²) in [6, 6.07) is 22.6. The van der Waals surface area contributed by atoms with Gasteiger partial charge in [0.15, 0.2) is 4.34 Å². The molecule has 204 valence electrons. The van der Waals surface area contributed by atoms with Gasteiger partial charge in [0, 0.05) is 16.3 Å². The molecule has 1 aliphatic rings. The van der Waals surface area contributed by atoms with Gasteiger partial charge in [-0.2, -0.15) is 0 Å². The number of hydrogen-bond donors (Lipinski definition) is 1. The number of ether oxygens (including phenoxy) is 1. The Bertz CT molecular complexity index is 1540. The van der Waals surface area contributed by atoms with E-state index in [9.17, 15) is 14.7 Å². The van der Waals surface area contributed by atoms with Crippen molar-refractivity contribution in [3.8, 4) is 5.75 Å². The Labute approximate surface area is 245 Å². The number of amides is 1. The number of rotatable bonds is 10. The maximum Gasteiger partial charge on any atom is 0.301 e. The molecule has 0 radical (unpaired) electrons. The number of anilines is 1. The third-order valence-electron chi connectivity index (χ3n) is 6.36. The number of aliphatic hydroxyl groups is 1. The first-order chi connectivity index (χ1) is 19.5. The molecule has 1 saturated heterocycles. The number of aliphatic hydroxyl groups excluding tert-OH is 1. The van der Waals surface area contributed by atoms with Crippen LogP contribution in [0.1, 0.15) is 42.5 Å². The van der Waals surface area contributed by atoms with Gasteiger partial charge in [-0.25, -0.2) is 0 Å². The summed E-state index contributed by atoms with van der Waals surface area (Å²) in [4.78, 5) is 28.1. The molecule has 0 aliphatic carbocycles. The van der Waals surface area contributed by atoms with Gasteiger partial charge in [-0.1, -0.05) is 109 Å². The number of benzene rings is 3. The fraction of sp³-hybridized carbons (Fsp3) is 0.200. The van der Waals surface area contributed by atoms with Gasteiger partial charge < -0.3 is 9.84 Å². The van der Waals surface area contributed by atoms with Crippen LogP contribution < -0.4 is 9.64 Å². The first kappa shape index (κ1) is 27.9. The molecule has 1 unspecified atom stereocenters. The van der Waals surface area contributed by atoms with Gasteiger partial charge in [0.25, 0.3) is 5.78 Å². The minimum absolute atomic E-state index is 0.00341. The molecule has 2 heterocycles. The van der Waals surface area contributed by atoms with Gasteiger partial charge in [-0.3, -0.25) is 14.5 Å². The van der Waals surface area contributed by atoms with E-state index in [1.54, 1.807) is 48.5 Å². The minimum atomic E-state index is -0.890. The van der Waals surface area contributed by atoms with Crippen LogP contribution in [0.15, 0.2) is 88.8 Å². The molecule has 1 atom stereocenters. The lowest BCUT2D eigenvalue weighted by molar-refractivity contribution is -0.132. The molecule has 3 aromatic carbocycles. The van der Waals surface area contributed by atoms with E-state index in [0.717, 1.165) is 18.4 Å². The van der Waals surface area contributed by atoms with Crippen LogP contribution in [0, 0.1) is 0 Å². The zero-order valence-corrected chi connectivity index (χ0v) is 24.0. The van der Waals surface area contributed by atoms with Crippen LogP contribution in [0.2, 0.25) is 5.02 Å². The molecular weight excluding hydrogens is 566 g/mol. The lowest BCUT2D eigenvalue weighted by Crippen LogP contribution is -2.29. The molecule has 7 nitrogen and oxygen atoms in total. The maximum absolute atomic E-state index is 13.4. The first-order valence-electron chi connectivity index (χ1n) is 12.8. The summed E-state index contributed by atoms with van der Waals surface area (Å²) in [6.07, 6.45) is 1.96. The number of carbonyl (C=O) groups is 2. The third kappa shape index (κ3) is 5.91. The van der Waals surface area contributed by atoms with Crippen LogP contribution in [-0.4, -0.2) is 33.6 Å². The zero-order valence-electron chi connectivity index (χ0n) is 21.6. The summed E-state index contributed by atoms with van der Waals surface area (Å²) in [5.41, 5.74) is 2.03. The molecule has 10 heteroatoms. The first-order valence-corrected chi connectivity index (χ1v) is 14.9. The van der Waals surface area contributed by atoms with Gasteiger partial charge in [0.2, 0.25) is 5.13 Å². The normalized spacial score (nSPS) is 16.4. The highest BCUT2D eigenvalue weighted by molar-refractivity contribution is 8.00. The van der Waals surface area contributed by atoms with Crippen molar-refractivity contribution < 1.29 is 19.4 Å². The second kappa shape index (κ2) is 12.7. The molecule has 0 spiro atoms. The average molecular weight is 592 g/mol. The third-order valence-corrected chi connectivity index (χ3v) is 8.84. The van der Waals surface area contributed by atoms with Crippen molar-refractivity contribution in [3.63, 3.8) is 0 Å². The molecule has 5 rings (SSSR count). The van der Waals surface area contributed by atoms with Crippen molar-refractivity contribution in [1.82, 2.24) is 10.2 Å². The van der Waals surface area contributed by atoms with Gasteiger partial charge in [0.05, 0.1) is 18.2 Å². The second-order valence-electron chi connectivity index (χ2n) is 9.04. The summed E-state index contributed by atoms with van der Waals surface area (Å²) in [5.74, 6) is -0.539. The predicted molar refractivity (Wildman–Crippen MR) is 159 cm³/mol. The van der Waals surface area contributed by atoms with Crippen LogP contribution in [0.4, 0.5) is 5.13 Å². The van der Waals surface area contributed by atoms with Crippen molar-refractivity contribution in [2.24, 2.45) is 0 Å². The van der Waals surface area contributed by atoms with Gasteiger partial charge in [0.1, 0.15) is 11.5 Å². The molecule has 1 fully saturated rings. The Morgan fingerprint density at radius 2 is 1.75 bits per heavy atom. The Hall–Kier alpha value is -3.66. The Kier molecular flexibility index (Phi) is 8.84. The lowest BCUT2D eigenvalue weighted by Gasteiger charge is -2.22. The number of Topliss-reactive ketones (excluding diaryl/α,β-unsaturated/α-hetero) is 1. The highest BCUT2D eigenvalue weighted by atomic mass is 35.5. The zero-order chi connectivity index (χ0) is 28.1. The maximum atomic E-state index is 13.4. The van der Waals surface area contributed by atoms with E-state index in [1.807, 2.05) is 30.3 Å². The lowest BCUT2D eigenvalue weighted by atomic mass is 9.95. The van der Waals surface area contributed by atoms with E-state index in [4.69, 9.17) is 16.3 Å². The fourth-order valence-electron chi connectivity index (χ4n) is 4.29. The molecule has 0 saturated carbocycles. The molecule has 40 heavy (non-hydrogen) atoms. The van der Waals surface area contributed by atoms with Crippen LogP contribution in [0.5, 0.6) is 5.75 Å². The van der Waals surface area contributed by atoms with E-state index in [2.05, 4.69) is 17.1 Å². The van der Waals surface area contributed by atoms with Crippen molar-refractivity contribution in [2.75, 3.05) is 11.5 Å². The SMILES string of the molecule is CCCCOc1ccc(C2/C(=C(/O)c3ccccc3)C(=O)C(=O)N2c2nnc(SCc3ccccc3Cl)s2)cc1. The smallest absolute Gasteiger partial charge is 0.301 e. The molecular formula is C30H26ClN3O4S2. The highest BCUT2D eigenvalue weighted by Gasteiger charge is 2.48. The Morgan fingerprint density at radius 1 is 1.02 bits per heavy atom. The summed E-state index contributed by atoms with van der Waals surface area (Å²) in [7, 11) is 0. The molecule has 0 bridgehead atoms. The number of nitrogens with zero attached hydrogens (tertiary/aromatic N) is 3. The summed E-state index contributed by atoms with van der Waals surface area (Å²) >= 11 is 8.94. The number of thioether (sulfide) groups is 1. The molecule has 1 aliphatic heterocycles. The molecule has 1 N–H and O–H groups in total. The van der Waals surface area contributed by atoms with Crippen molar-refractivity contribution in [3.05, 3.63) is 106 Å². The van der Waals surface area contributed by atoms with Crippen LogP contribution in [-0.2, 0) is 15.3 Å². The van der Waals surface area contributed by atoms with E-state index in [1.165, 1.54) is 28.0 Å². The standard InChI is InChI=1S/C30H26ClN3O4S2/c1-2-3-17-38-22-15-13-19(14-16-22)25-24(26(35)20-9-5-4-6-10-20)27(36)28(37)34(25)29-32-33-30(40-29)39-18-21-11-7-8-12-23(21)31/h4-16,25,35H,2-3,17-18H2,1H3/b26-24-. The number of aromatic nitrogens is 2. The number of unbranched alkanes of at least 4 members (excludes halogenated alkanes) is 1. The topological polar surface area (TPSA) is 92.6 Å².